The van der Waals surface area contributed by atoms with Crippen LogP contribution in [0.25, 0.3) is 0 Å². The van der Waals surface area contributed by atoms with Gasteiger partial charge in [-0.25, -0.2) is 13.4 Å². The van der Waals surface area contributed by atoms with Gasteiger partial charge in [-0.1, -0.05) is 13.0 Å². The molecule has 1 aromatic carbocycles. The molecule has 1 amide bonds. The standard InChI is InChI=1S/C21H27N3O6S/c1-3-11-30-21-16(5-4-8-22-21)15-23-20(25)18-14-17(6-7-19(18)28-2)31(26,27)24-9-12-29-13-10-24/h4-8,14H,3,9-13,15H2,1-2H3,(H,23,25). The van der Waals surface area contributed by atoms with E-state index in [9.17, 15) is 13.2 Å². The van der Waals surface area contributed by atoms with Gasteiger partial charge in [0.05, 0.1) is 37.4 Å². The van der Waals surface area contributed by atoms with Crippen molar-refractivity contribution in [2.24, 2.45) is 0 Å². The summed E-state index contributed by atoms with van der Waals surface area (Å²) in [6, 6.07) is 7.85. The number of aromatic nitrogens is 1. The molecule has 0 radical (unpaired) electrons. The fraction of sp³-hybridized carbons (Fsp3) is 0.429. The molecule has 0 spiro atoms. The van der Waals surface area contributed by atoms with Gasteiger partial charge in [0.15, 0.2) is 0 Å². The number of nitrogens with zero attached hydrogens (tertiary/aromatic N) is 2. The molecule has 168 valence electrons. The second-order valence-electron chi connectivity index (χ2n) is 6.88. The SMILES string of the molecule is CCCOc1ncccc1CNC(=O)c1cc(S(=O)(=O)N2CCOCC2)ccc1OC. The molecule has 2 aromatic rings. The van der Waals surface area contributed by atoms with Crippen LogP contribution in [0.15, 0.2) is 41.4 Å². The average molecular weight is 450 g/mol. The molecule has 0 aliphatic carbocycles. The Morgan fingerprint density at radius 2 is 2.03 bits per heavy atom. The minimum atomic E-state index is -3.74. The third kappa shape index (κ3) is 5.52. The summed E-state index contributed by atoms with van der Waals surface area (Å²) < 4.78 is 43.4. The van der Waals surface area contributed by atoms with Crippen molar-refractivity contribution in [2.75, 3.05) is 40.0 Å². The number of hydrogen-bond acceptors (Lipinski definition) is 7. The fourth-order valence-corrected chi connectivity index (χ4v) is 4.55. The molecule has 10 heteroatoms. The maximum atomic E-state index is 13.0. The van der Waals surface area contributed by atoms with E-state index >= 15 is 0 Å². The van der Waals surface area contributed by atoms with Gasteiger partial charge in [-0.2, -0.15) is 4.31 Å². The molecule has 0 unspecified atom stereocenters. The molecule has 1 aliphatic heterocycles. The van der Waals surface area contributed by atoms with Crippen molar-refractivity contribution in [1.29, 1.82) is 0 Å². The van der Waals surface area contributed by atoms with Crippen LogP contribution >= 0.6 is 0 Å². The smallest absolute Gasteiger partial charge is 0.255 e. The third-order valence-electron chi connectivity index (χ3n) is 4.76. The quantitative estimate of drug-likeness (QED) is 0.622. The number of benzene rings is 1. The molecule has 2 heterocycles. The number of amides is 1. The van der Waals surface area contributed by atoms with Crippen LogP contribution in [-0.4, -0.2) is 63.6 Å². The van der Waals surface area contributed by atoms with E-state index < -0.39 is 15.9 Å². The van der Waals surface area contributed by atoms with Gasteiger partial charge in [-0.05, 0) is 30.7 Å². The summed E-state index contributed by atoms with van der Waals surface area (Å²) in [5.74, 6) is 0.286. The molecule has 0 saturated carbocycles. The Morgan fingerprint density at radius 3 is 2.74 bits per heavy atom. The van der Waals surface area contributed by atoms with Gasteiger partial charge < -0.3 is 19.5 Å². The van der Waals surface area contributed by atoms with Crippen LogP contribution in [0, 0.1) is 0 Å². The number of rotatable bonds is 9. The number of ether oxygens (including phenoxy) is 3. The molecule has 1 saturated heterocycles. The first-order chi connectivity index (χ1) is 15.0. The number of methoxy groups -OCH3 is 1. The van der Waals surface area contributed by atoms with Crippen LogP contribution in [0.3, 0.4) is 0 Å². The second kappa shape index (κ2) is 10.6. The summed E-state index contributed by atoms with van der Waals surface area (Å²) >= 11 is 0. The predicted octanol–water partition coefficient (Wildman–Crippen LogP) is 1.83. The Hall–Kier alpha value is -2.69. The van der Waals surface area contributed by atoms with E-state index in [-0.39, 0.29) is 35.8 Å². The number of carbonyl (C=O) groups is 1. The molecular weight excluding hydrogens is 422 g/mol. The molecule has 1 aliphatic rings. The Kier molecular flexibility index (Phi) is 7.83. The zero-order valence-electron chi connectivity index (χ0n) is 17.7. The number of hydrogen-bond donors (Lipinski definition) is 1. The molecular formula is C21H27N3O6S. The first kappa shape index (κ1) is 23.0. The summed E-state index contributed by atoms with van der Waals surface area (Å²) in [5, 5.41) is 2.80. The summed E-state index contributed by atoms with van der Waals surface area (Å²) in [5.41, 5.74) is 0.858. The van der Waals surface area contributed by atoms with Gasteiger partial charge in [-0.15, -0.1) is 0 Å². The van der Waals surface area contributed by atoms with E-state index in [0.29, 0.717) is 25.7 Å². The number of pyridine rings is 1. The van der Waals surface area contributed by atoms with Gasteiger partial charge in [0.2, 0.25) is 15.9 Å². The van der Waals surface area contributed by atoms with Gasteiger partial charge in [0.25, 0.3) is 5.91 Å². The van der Waals surface area contributed by atoms with E-state index in [1.54, 1.807) is 12.3 Å². The van der Waals surface area contributed by atoms with Crippen LogP contribution in [0.2, 0.25) is 0 Å². The average Bonchev–Trinajstić information content (AvgIpc) is 2.81. The third-order valence-corrected chi connectivity index (χ3v) is 6.65. The van der Waals surface area contributed by atoms with Crippen LogP contribution in [0.4, 0.5) is 0 Å². The Morgan fingerprint density at radius 1 is 1.26 bits per heavy atom. The summed E-state index contributed by atoms with van der Waals surface area (Å²) in [6.07, 6.45) is 2.46. The fourth-order valence-electron chi connectivity index (χ4n) is 3.12. The highest BCUT2D eigenvalue weighted by atomic mass is 32.2. The Balaban J connectivity index is 1.80. The van der Waals surface area contributed by atoms with E-state index in [1.165, 1.54) is 29.6 Å². The lowest BCUT2D eigenvalue weighted by Gasteiger charge is -2.26. The molecule has 1 N–H and O–H groups in total. The molecule has 1 fully saturated rings. The lowest BCUT2D eigenvalue weighted by Crippen LogP contribution is -2.40. The van der Waals surface area contributed by atoms with E-state index in [1.807, 2.05) is 13.0 Å². The number of sulfonamides is 1. The van der Waals surface area contributed by atoms with Crippen molar-refractivity contribution in [3.05, 3.63) is 47.7 Å². The summed E-state index contributed by atoms with van der Waals surface area (Å²) in [4.78, 5) is 17.1. The number of carbonyl (C=O) groups excluding carboxylic acids is 1. The van der Waals surface area contributed by atoms with Gasteiger partial charge in [0, 0.05) is 31.4 Å². The largest absolute Gasteiger partial charge is 0.496 e. The van der Waals surface area contributed by atoms with Crippen molar-refractivity contribution in [3.8, 4) is 11.6 Å². The Bertz CT molecular complexity index is 1010. The molecule has 9 nitrogen and oxygen atoms in total. The summed E-state index contributed by atoms with van der Waals surface area (Å²) in [6.45, 7) is 3.93. The van der Waals surface area contributed by atoms with Crippen molar-refractivity contribution in [3.63, 3.8) is 0 Å². The number of nitrogens with one attached hydrogen (secondary N) is 1. The molecule has 3 rings (SSSR count). The minimum absolute atomic E-state index is 0.0358. The first-order valence-electron chi connectivity index (χ1n) is 10.1. The van der Waals surface area contributed by atoms with Crippen molar-refractivity contribution < 1.29 is 27.4 Å². The normalized spacial score (nSPS) is 14.8. The highest BCUT2D eigenvalue weighted by Crippen LogP contribution is 2.25. The number of morpholine rings is 1. The van der Waals surface area contributed by atoms with Crippen molar-refractivity contribution in [2.45, 2.75) is 24.8 Å². The van der Waals surface area contributed by atoms with E-state index in [0.717, 1.165) is 12.0 Å². The highest BCUT2D eigenvalue weighted by molar-refractivity contribution is 7.89. The zero-order chi connectivity index (χ0) is 22.3. The van der Waals surface area contributed by atoms with Crippen LogP contribution in [0.5, 0.6) is 11.6 Å². The maximum absolute atomic E-state index is 13.0. The van der Waals surface area contributed by atoms with Gasteiger partial charge in [0.1, 0.15) is 5.75 Å². The zero-order valence-corrected chi connectivity index (χ0v) is 18.5. The monoisotopic (exact) mass is 449 g/mol. The van der Waals surface area contributed by atoms with Crippen molar-refractivity contribution >= 4 is 15.9 Å². The molecule has 0 bridgehead atoms. The lowest BCUT2D eigenvalue weighted by molar-refractivity contribution is 0.0730. The van der Waals surface area contributed by atoms with Crippen molar-refractivity contribution in [1.82, 2.24) is 14.6 Å². The van der Waals surface area contributed by atoms with Gasteiger partial charge >= 0.3 is 0 Å². The Labute approximate surface area is 182 Å². The predicted molar refractivity (Wildman–Crippen MR) is 114 cm³/mol. The highest BCUT2D eigenvalue weighted by Gasteiger charge is 2.28. The van der Waals surface area contributed by atoms with Crippen LogP contribution in [0.1, 0.15) is 29.3 Å². The van der Waals surface area contributed by atoms with E-state index in [2.05, 4.69) is 10.3 Å². The minimum Gasteiger partial charge on any atom is -0.496 e. The second-order valence-corrected chi connectivity index (χ2v) is 8.82. The van der Waals surface area contributed by atoms with Crippen LogP contribution < -0.4 is 14.8 Å². The molecule has 31 heavy (non-hydrogen) atoms. The van der Waals surface area contributed by atoms with Crippen LogP contribution in [-0.2, 0) is 21.3 Å². The van der Waals surface area contributed by atoms with Gasteiger partial charge in [-0.3, -0.25) is 4.79 Å². The first-order valence-corrected chi connectivity index (χ1v) is 11.5. The maximum Gasteiger partial charge on any atom is 0.255 e. The molecule has 1 aromatic heterocycles. The lowest BCUT2D eigenvalue weighted by atomic mass is 10.1. The summed E-state index contributed by atoms with van der Waals surface area (Å²) in [7, 11) is -2.31. The molecule has 0 atom stereocenters. The van der Waals surface area contributed by atoms with E-state index in [4.69, 9.17) is 14.2 Å². The topological polar surface area (TPSA) is 107 Å².